The Morgan fingerprint density at radius 1 is 0.857 bits per heavy atom. The molecule has 1 unspecified atom stereocenters. The highest BCUT2D eigenvalue weighted by atomic mass is 32.2. The topological polar surface area (TPSA) is 74.8 Å². The van der Waals surface area contributed by atoms with E-state index in [1.807, 2.05) is 26.0 Å². The maximum absolute atomic E-state index is 12.8. The molecule has 28 heavy (non-hydrogen) atoms. The summed E-state index contributed by atoms with van der Waals surface area (Å²) < 4.78 is 25.4. The van der Waals surface area contributed by atoms with Gasteiger partial charge in [-0.1, -0.05) is 12.1 Å². The SMILES string of the molecule is Cc1ccc(C(=O)C(C)N(C)C(=O)c2ccc(S(=O)(=O)N(C)C)cc2)cc1C. The molecule has 6 nitrogen and oxygen atoms in total. The van der Waals surface area contributed by atoms with Crippen LogP contribution in [0.3, 0.4) is 0 Å². The van der Waals surface area contributed by atoms with E-state index in [4.69, 9.17) is 0 Å². The van der Waals surface area contributed by atoms with Crippen molar-refractivity contribution in [2.75, 3.05) is 21.1 Å². The van der Waals surface area contributed by atoms with Crippen molar-refractivity contribution in [1.82, 2.24) is 9.21 Å². The van der Waals surface area contributed by atoms with Gasteiger partial charge in [0.2, 0.25) is 10.0 Å². The molecule has 0 N–H and O–H groups in total. The predicted octanol–water partition coefficient (Wildman–Crippen LogP) is 2.90. The fraction of sp³-hybridized carbons (Fsp3) is 0.333. The van der Waals surface area contributed by atoms with Gasteiger partial charge in [0.1, 0.15) is 0 Å². The van der Waals surface area contributed by atoms with Crippen LogP contribution in [0, 0.1) is 13.8 Å². The van der Waals surface area contributed by atoms with Crippen LogP contribution in [0.4, 0.5) is 0 Å². The van der Waals surface area contributed by atoms with Crippen molar-refractivity contribution in [2.24, 2.45) is 0 Å². The molecule has 0 radical (unpaired) electrons. The summed E-state index contributed by atoms with van der Waals surface area (Å²) in [5.74, 6) is -0.496. The van der Waals surface area contributed by atoms with E-state index < -0.39 is 16.1 Å². The van der Waals surface area contributed by atoms with E-state index in [2.05, 4.69) is 0 Å². The monoisotopic (exact) mass is 402 g/mol. The molecule has 0 fully saturated rings. The molecule has 1 atom stereocenters. The number of ketones is 1. The second kappa shape index (κ2) is 8.24. The maximum Gasteiger partial charge on any atom is 0.254 e. The minimum atomic E-state index is -3.56. The highest BCUT2D eigenvalue weighted by molar-refractivity contribution is 7.89. The molecule has 0 saturated carbocycles. The molecule has 1 amide bonds. The zero-order chi connectivity index (χ0) is 21.2. The van der Waals surface area contributed by atoms with Gasteiger partial charge < -0.3 is 4.90 Å². The van der Waals surface area contributed by atoms with Gasteiger partial charge in [0.15, 0.2) is 5.78 Å². The second-order valence-electron chi connectivity index (χ2n) is 7.07. The van der Waals surface area contributed by atoms with Gasteiger partial charge in [-0.05, 0) is 62.2 Å². The Morgan fingerprint density at radius 3 is 1.89 bits per heavy atom. The van der Waals surface area contributed by atoms with Crippen LogP contribution in [-0.2, 0) is 10.0 Å². The lowest BCUT2D eigenvalue weighted by molar-refractivity contribution is 0.0675. The van der Waals surface area contributed by atoms with Crippen LogP contribution >= 0.6 is 0 Å². The molecule has 2 aromatic carbocycles. The van der Waals surface area contributed by atoms with Crippen molar-refractivity contribution in [2.45, 2.75) is 31.7 Å². The Hall–Kier alpha value is -2.51. The molecule has 0 heterocycles. The fourth-order valence-electron chi connectivity index (χ4n) is 2.67. The van der Waals surface area contributed by atoms with E-state index in [-0.39, 0.29) is 16.6 Å². The van der Waals surface area contributed by atoms with Gasteiger partial charge in [-0.15, -0.1) is 0 Å². The Balaban J connectivity index is 2.21. The summed E-state index contributed by atoms with van der Waals surface area (Å²) in [5, 5.41) is 0. The van der Waals surface area contributed by atoms with Crippen LogP contribution in [0.25, 0.3) is 0 Å². The zero-order valence-corrected chi connectivity index (χ0v) is 17.9. The number of aryl methyl sites for hydroxylation is 2. The standard InChI is InChI=1S/C21H26N2O4S/c1-14-7-8-18(13-15(14)2)20(24)16(3)23(6)21(25)17-9-11-19(12-10-17)28(26,27)22(4)5/h7-13,16H,1-6H3. The van der Waals surface area contributed by atoms with E-state index in [0.29, 0.717) is 11.1 Å². The summed E-state index contributed by atoms with van der Waals surface area (Å²) in [6.07, 6.45) is 0. The van der Waals surface area contributed by atoms with Crippen molar-refractivity contribution in [1.29, 1.82) is 0 Å². The normalized spacial score (nSPS) is 12.7. The van der Waals surface area contributed by atoms with Gasteiger partial charge in [0.25, 0.3) is 5.91 Å². The van der Waals surface area contributed by atoms with E-state index >= 15 is 0 Å². The van der Waals surface area contributed by atoms with Crippen molar-refractivity contribution in [3.8, 4) is 0 Å². The Labute approximate surface area is 166 Å². The minimum absolute atomic E-state index is 0.107. The predicted molar refractivity (Wildman–Crippen MR) is 109 cm³/mol. The number of carbonyl (C=O) groups excluding carboxylic acids is 2. The quantitative estimate of drug-likeness (QED) is 0.697. The lowest BCUT2D eigenvalue weighted by Crippen LogP contribution is -2.40. The van der Waals surface area contributed by atoms with Gasteiger partial charge in [-0.3, -0.25) is 9.59 Å². The Bertz CT molecular complexity index is 996. The molecule has 0 spiro atoms. The number of hydrogen-bond donors (Lipinski definition) is 0. The number of likely N-dealkylation sites (N-methyl/N-ethyl adjacent to an activating group) is 1. The van der Waals surface area contributed by atoms with Crippen LogP contribution in [0.15, 0.2) is 47.4 Å². The van der Waals surface area contributed by atoms with Crippen molar-refractivity contribution >= 4 is 21.7 Å². The Morgan fingerprint density at radius 2 is 1.39 bits per heavy atom. The number of rotatable bonds is 6. The lowest BCUT2D eigenvalue weighted by Gasteiger charge is -2.24. The summed E-state index contributed by atoms with van der Waals surface area (Å²) in [7, 11) is 0.901. The molecular weight excluding hydrogens is 376 g/mol. The fourth-order valence-corrected chi connectivity index (χ4v) is 3.57. The van der Waals surface area contributed by atoms with Gasteiger partial charge in [0, 0.05) is 32.3 Å². The Kier molecular flexibility index (Phi) is 6.41. The highest BCUT2D eigenvalue weighted by Gasteiger charge is 2.25. The van der Waals surface area contributed by atoms with Gasteiger partial charge >= 0.3 is 0 Å². The van der Waals surface area contributed by atoms with Crippen LogP contribution in [-0.4, -0.2) is 56.5 Å². The van der Waals surface area contributed by atoms with Crippen molar-refractivity contribution in [3.63, 3.8) is 0 Å². The molecule has 0 bridgehead atoms. The van der Waals surface area contributed by atoms with E-state index in [1.165, 1.54) is 43.3 Å². The molecule has 150 valence electrons. The third kappa shape index (κ3) is 4.31. The van der Waals surface area contributed by atoms with Crippen molar-refractivity contribution < 1.29 is 18.0 Å². The number of sulfonamides is 1. The zero-order valence-electron chi connectivity index (χ0n) is 17.1. The molecule has 0 aromatic heterocycles. The number of benzene rings is 2. The lowest BCUT2D eigenvalue weighted by atomic mass is 9.99. The molecular formula is C21H26N2O4S. The molecule has 0 aliphatic rings. The number of nitrogens with zero attached hydrogens (tertiary/aromatic N) is 2. The molecule has 0 aliphatic carbocycles. The number of amides is 1. The van der Waals surface area contributed by atoms with Gasteiger partial charge in [0.05, 0.1) is 10.9 Å². The highest BCUT2D eigenvalue weighted by Crippen LogP contribution is 2.17. The molecule has 0 aliphatic heterocycles. The van der Waals surface area contributed by atoms with Gasteiger partial charge in [-0.2, -0.15) is 0 Å². The van der Waals surface area contributed by atoms with Crippen LogP contribution < -0.4 is 0 Å². The van der Waals surface area contributed by atoms with Gasteiger partial charge in [-0.25, -0.2) is 12.7 Å². The first kappa shape index (κ1) is 21.8. The largest absolute Gasteiger partial charge is 0.332 e. The molecule has 0 saturated heterocycles. The molecule has 7 heteroatoms. The van der Waals surface area contributed by atoms with Crippen molar-refractivity contribution in [3.05, 3.63) is 64.7 Å². The average Bonchev–Trinajstić information content (AvgIpc) is 2.67. The third-order valence-electron chi connectivity index (χ3n) is 4.95. The smallest absolute Gasteiger partial charge is 0.254 e. The first-order chi connectivity index (χ1) is 13.0. The summed E-state index contributed by atoms with van der Waals surface area (Å²) in [6.45, 7) is 5.60. The number of carbonyl (C=O) groups is 2. The van der Waals surface area contributed by atoms with Crippen LogP contribution in [0.5, 0.6) is 0 Å². The number of Topliss-reactive ketones (excluding diaryl/α,β-unsaturated/α-hetero) is 1. The average molecular weight is 403 g/mol. The third-order valence-corrected chi connectivity index (χ3v) is 6.78. The summed E-state index contributed by atoms with van der Waals surface area (Å²) in [6, 6.07) is 10.5. The number of hydrogen-bond acceptors (Lipinski definition) is 4. The van der Waals surface area contributed by atoms with Crippen LogP contribution in [0.1, 0.15) is 38.8 Å². The summed E-state index contributed by atoms with van der Waals surface area (Å²) in [4.78, 5) is 27.0. The van der Waals surface area contributed by atoms with E-state index in [1.54, 1.807) is 20.0 Å². The van der Waals surface area contributed by atoms with E-state index in [9.17, 15) is 18.0 Å². The summed E-state index contributed by atoms with van der Waals surface area (Å²) >= 11 is 0. The van der Waals surface area contributed by atoms with E-state index in [0.717, 1.165) is 15.4 Å². The first-order valence-electron chi connectivity index (χ1n) is 8.88. The first-order valence-corrected chi connectivity index (χ1v) is 10.3. The molecule has 2 aromatic rings. The van der Waals surface area contributed by atoms with Crippen LogP contribution in [0.2, 0.25) is 0 Å². The second-order valence-corrected chi connectivity index (χ2v) is 9.22. The maximum atomic E-state index is 12.8. The minimum Gasteiger partial charge on any atom is -0.332 e. The summed E-state index contributed by atoms with van der Waals surface area (Å²) in [5.41, 5.74) is 2.99. The molecule has 2 rings (SSSR count).